The lowest BCUT2D eigenvalue weighted by molar-refractivity contribution is 0.477. The molecule has 0 fully saturated rings. The van der Waals surface area contributed by atoms with Crippen molar-refractivity contribution in [1.82, 2.24) is 10.3 Å². The first kappa shape index (κ1) is 13.5. The highest BCUT2D eigenvalue weighted by molar-refractivity contribution is 5.85. The van der Waals surface area contributed by atoms with Crippen molar-refractivity contribution in [3.05, 3.63) is 42.0 Å². The summed E-state index contributed by atoms with van der Waals surface area (Å²) in [6, 6.07) is 8.95. The first-order valence-corrected chi connectivity index (χ1v) is 6.91. The largest absolute Gasteiger partial charge is 0.507 e. The zero-order chi connectivity index (χ0) is 14.8. The Balaban J connectivity index is 2.14. The SMILES string of the molecule is Nc1nc(-c2ccccc2O)cc(C2=CCCNC2)c1N. The number of aromatic hydroxyl groups is 1. The molecular weight excluding hydrogens is 264 g/mol. The van der Waals surface area contributed by atoms with Gasteiger partial charge in [0.1, 0.15) is 11.6 Å². The molecule has 5 nitrogen and oxygen atoms in total. The molecule has 0 bridgehead atoms. The quantitative estimate of drug-likeness (QED) is 0.675. The summed E-state index contributed by atoms with van der Waals surface area (Å²) >= 11 is 0. The van der Waals surface area contributed by atoms with Gasteiger partial charge in [-0.25, -0.2) is 4.98 Å². The van der Waals surface area contributed by atoms with E-state index >= 15 is 0 Å². The van der Waals surface area contributed by atoms with Crippen molar-refractivity contribution in [2.75, 3.05) is 24.6 Å². The van der Waals surface area contributed by atoms with E-state index in [9.17, 15) is 5.11 Å². The Morgan fingerprint density at radius 1 is 1.14 bits per heavy atom. The normalized spacial score (nSPS) is 14.8. The molecule has 2 aromatic rings. The van der Waals surface area contributed by atoms with Gasteiger partial charge < -0.3 is 21.9 Å². The highest BCUT2D eigenvalue weighted by Crippen LogP contribution is 2.34. The Kier molecular flexibility index (Phi) is 3.50. The van der Waals surface area contributed by atoms with Crippen molar-refractivity contribution >= 4 is 17.1 Å². The Labute approximate surface area is 123 Å². The van der Waals surface area contributed by atoms with Crippen molar-refractivity contribution in [1.29, 1.82) is 0 Å². The number of phenolic OH excluding ortho intramolecular Hbond substituents is 1. The van der Waals surface area contributed by atoms with Crippen LogP contribution in [0.1, 0.15) is 12.0 Å². The van der Waals surface area contributed by atoms with Gasteiger partial charge in [0.25, 0.3) is 0 Å². The molecule has 6 N–H and O–H groups in total. The second-order valence-corrected chi connectivity index (χ2v) is 5.07. The van der Waals surface area contributed by atoms with Crippen LogP contribution >= 0.6 is 0 Å². The van der Waals surface area contributed by atoms with Crippen molar-refractivity contribution in [2.45, 2.75) is 6.42 Å². The molecule has 0 saturated carbocycles. The molecule has 108 valence electrons. The maximum absolute atomic E-state index is 9.99. The molecular formula is C16H18N4O. The minimum Gasteiger partial charge on any atom is -0.507 e. The van der Waals surface area contributed by atoms with Crippen LogP contribution in [0.15, 0.2) is 36.4 Å². The van der Waals surface area contributed by atoms with Crippen LogP contribution < -0.4 is 16.8 Å². The Hall–Kier alpha value is -2.53. The molecule has 1 aliphatic heterocycles. The van der Waals surface area contributed by atoms with Gasteiger partial charge in [-0.15, -0.1) is 0 Å². The smallest absolute Gasteiger partial charge is 0.147 e. The van der Waals surface area contributed by atoms with Gasteiger partial charge >= 0.3 is 0 Å². The minimum atomic E-state index is 0.177. The number of phenols is 1. The maximum Gasteiger partial charge on any atom is 0.147 e. The highest BCUT2D eigenvalue weighted by Gasteiger charge is 2.15. The van der Waals surface area contributed by atoms with Gasteiger partial charge in [-0.05, 0) is 36.7 Å². The van der Waals surface area contributed by atoms with E-state index in [0.717, 1.165) is 30.6 Å². The van der Waals surface area contributed by atoms with E-state index in [-0.39, 0.29) is 11.6 Å². The van der Waals surface area contributed by atoms with E-state index in [1.165, 1.54) is 0 Å². The molecule has 1 aliphatic rings. The summed E-state index contributed by atoms with van der Waals surface area (Å²) in [5.41, 5.74) is 15.8. The molecule has 3 rings (SSSR count). The van der Waals surface area contributed by atoms with Crippen LogP contribution in [-0.4, -0.2) is 23.2 Å². The number of rotatable bonds is 2. The first-order chi connectivity index (χ1) is 10.2. The van der Waals surface area contributed by atoms with Gasteiger partial charge in [-0.3, -0.25) is 0 Å². The van der Waals surface area contributed by atoms with Gasteiger partial charge in [0.2, 0.25) is 0 Å². The second kappa shape index (κ2) is 5.46. The van der Waals surface area contributed by atoms with E-state index in [0.29, 0.717) is 16.9 Å². The summed E-state index contributed by atoms with van der Waals surface area (Å²) in [6.45, 7) is 1.73. The zero-order valence-electron chi connectivity index (χ0n) is 11.6. The predicted molar refractivity (Wildman–Crippen MR) is 85.6 cm³/mol. The molecule has 1 aromatic heterocycles. The first-order valence-electron chi connectivity index (χ1n) is 6.91. The molecule has 0 aliphatic carbocycles. The van der Waals surface area contributed by atoms with Crippen LogP contribution in [0.3, 0.4) is 0 Å². The second-order valence-electron chi connectivity index (χ2n) is 5.07. The standard InChI is InChI=1S/C16H18N4O/c17-15-12(10-4-3-7-19-9-10)8-13(20-16(15)18)11-5-1-2-6-14(11)21/h1-2,4-6,8,19,21H,3,7,9,17H2,(H2,18,20). The van der Waals surface area contributed by atoms with Crippen molar-refractivity contribution in [2.24, 2.45) is 0 Å². The number of nitrogens with zero attached hydrogens (tertiary/aromatic N) is 1. The number of nitrogens with two attached hydrogens (primary N) is 2. The molecule has 0 amide bonds. The molecule has 0 unspecified atom stereocenters. The third kappa shape index (κ3) is 2.55. The van der Waals surface area contributed by atoms with Gasteiger partial charge in [-0.2, -0.15) is 0 Å². The Bertz CT molecular complexity index is 709. The lowest BCUT2D eigenvalue weighted by atomic mass is 9.98. The average Bonchev–Trinajstić information content (AvgIpc) is 2.51. The molecule has 5 heteroatoms. The van der Waals surface area contributed by atoms with Gasteiger partial charge in [-0.1, -0.05) is 18.2 Å². The molecule has 0 saturated heterocycles. The van der Waals surface area contributed by atoms with E-state index in [2.05, 4.69) is 16.4 Å². The summed E-state index contributed by atoms with van der Waals surface area (Å²) in [5.74, 6) is 0.466. The lowest BCUT2D eigenvalue weighted by Gasteiger charge is -2.18. The number of benzene rings is 1. The van der Waals surface area contributed by atoms with Crippen molar-refractivity contribution in [3.63, 3.8) is 0 Å². The number of hydrogen-bond acceptors (Lipinski definition) is 5. The number of hydrogen-bond donors (Lipinski definition) is 4. The van der Waals surface area contributed by atoms with E-state index in [4.69, 9.17) is 11.5 Å². The van der Waals surface area contributed by atoms with E-state index < -0.39 is 0 Å². The Morgan fingerprint density at radius 3 is 2.67 bits per heavy atom. The summed E-state index contributed by atoms with van der Waals surface area (Å²) in [4.78, 5) is 4.30. The van der Waals surface area contributed by atoms with Crippen LogP contribution in [0.4, 0.5) is 11.5 Å². The Morgan fingerprint density at radius 2 is 1.95 bits per heavy atom. The summed E-state index contributed by atoms with van der Waals surface area (Å²) in [6.07, 6.45) is 3.12. The van der Waals surface area contributed by atoms with Crippen molar-refractivity contribution in [3.8, 4) is 17.0 Å². The number of para-hydroxylation sites is 1. The van der Waals surface area contributed by atoms with Crippen LogP contribution in [0.25, 0.3) is 16.8 Å². The van der Waals surface area contributed by atoms with Crippen LogP contribution in [0, 0.1) is 0 Å². The molecule has 0 radical (unpaired) electrons. The molecule has 1 aromatic carbocycles. The molecule has 2 heterocycles. The molecule has 0 atom stereocenters. The maximum atomic E-state index is 9.99. The zero-order valence-corrected chi connectivity index (χ0v) is 11.6. The van der Waals surface area contributed by atoms with Gasteiger partial charge in [0.15, 0.2) is 0 Å². The van der Waals surface area contributed by atoms with Crippen LogP contribution in [0.2, 0.25) is 0 Å². The fraction of sp³-hybridized carbons (Fsp3) is 0.188. The number of nitrogens with one attached hydrogen (secondary N) is 1. The van der Waals surface area contributed by atoms with E-state index in [1.54, 1.807) is 12.1 Å². The third-order valence-corrected chi connectivity index (χ3v) is 3.64. The average molecular weight is 282 g/mol. The fourth-order valence-corrected chi connectivity index (χ4v) is 2.52. The number of nitrogen functional groups attached to an aromatic ring is 2. The monoisotopic (exact) mass is 282 g/mol. The van der Waals surface area contributed by atoms with E-state index in [1.807, 2.05) is 18.2 Å². The van der Waals surface area contributed by atoms with Crippen molar-refractivity contribution < 1.29 is 5.11 Å². The minimum absolute atomic E-state index is 0.177. The predicted octanol–water partition coefficient (Wildman–Crippen LogP) is 2.00. The summed E-state index contributed by atoms with van der Waals surface area (Å²) < 4.78 is 0. The highest BCUT2D eigenvalue weighted by atomic mass is 16.3. The molecule has 21 heavy (non-hydrogen) atoms. The summed E-state index contributed by atoms with van der Waals surface area (Å²) in [5, 5.41) is 13.3. The van der Waals surface area contributed by atoms with Gasteiger partial charge in [0, 0.05) is 17.7 Å². The lowest BCUT2D eigenvalue weighted by Crippen LogP contribution is -2.22. The number of anilines is 2. The topological polar surface area (TPSA) is 97.2 Å². The number of pyridine rings is 1. The van der Waals surface area contributed by atoms with Gasteiger partial charge in [0.05, 0.1) is 11.4 Å². The third-order valence-electron chi connectivity index (χ3n) is 3.64. The van der Waals surface area contributed by atoms with Crippen LogP contribution in [0.5, 0.6) is 5.75 Å². The fourth-order valence-electron chi connectivity index (χ4n) is 2.52. The van der Waals surface area contributed by atoms with Crippen LogP contribution in [-0.2, 0) is 0 Å². The summed E-state index contributed by atoms with van der Waals surface area (Å²) in [7, 11) is 0. The number of aromatic nitrogens is 1. The molecule has 0 spiro atoms.